The monoisotopic (exact) mass is 405 g/mol. The van der Waals surface area contributed by atoms with E-state index in [1.165, 1.54) is 0 Å². The zero-order valence-corrected chi connectivity index (χ0v) is 16.5. The van der Waals surface area contributed by atoms with Gasteiger partial charge in [-0.25, -0.2) is 0 Å². The smallest absolute Gasteiger partial charge is 0.257 e. The van der Waals surface area contributed by atoms with Crippen molar-refractivity contribution in [3.05, 3.63) is 53.1 Å². The molecule has 27 heavy (non-hydrogen) atoms. The molecular weight excluding hydrogens is 386 g/mol. The van der Waals surface area contributed by atoms with Gasteiger partial charge < -0.3 is 15.4 Å². The number of benzene rings is 2. The Hall–Kier alpha value is -2.64. The molecule has 0 radical (unpaired) electrons. The number of hydrogen-bond acceptors (Lipinski definition) is 4. The van der Waals surface area contributed by atoms with Gasteiger partial charge in [-0.1, -0.05) is 18.5 Å². The minimum absolute atomic E-state index is 0.0924. The van der Waals surface area contributed by atoms with Crippen molar-refractivity contribution in [1.82, 2.24) is 5.32 Å². The van der Waals surface area contributed by atoms with Crippen LogP contribution in [0.5, 0.6) is 5.75 Å². The summed E-state index contributed by atoms with van der Waals surface area (Å²) in [6.07, 6.45) is 0.363. The molecule has 6 nitrogen and oxygen atoms in total. The molecule has 0 bridgehead atoms. The Bertz CT molecular complexity index is 841. The number of ether oxygens (including phenoxy) is 1. The number of carbonyl (C=O) groups is 2. The molecule has 0 saturated heterocycles. The number of thiocarbonyl (C=S) groups is 1. The SMILES string of the molecule is CCOc1ccc(C(=O)NC(=S)Nc2cc(NC(=O)CC)ccc2Cl)cc1. The van der Waals surface area contributed by atoms with Crippen LogP contribution in [0.4, 0.5) is 11.4 Å². The topological polar surface area (TPSA) is 79.5 Å². The third kappa shape index (κ3) is 6.23. The lowest BCUT2D eigenvalue weighted by atomic mass is 10.2. The normalized spacial score (nSPS) is 10.0. The summed E-state index contributed by atoms with van der Waals surface area (Å²) in [5.74, 6) is 0.212. The van der Waals surface area contributed by atoms with Crippen LogP contribution < -0.4 is 20.7 Å². The minimum Gasteiger partial charge on any atom is -0.494 e. The van der Waals surface area contributed by atoms with Gasteiger partial charge in [0.25, 0.3) is 5.91 Å². The zero-order chi connectivity index (χ0) is 19.8. The molecule has 8 heteroatoms. The quantitative estimate of drug-likeness (QED) is 0.627. The van der Waals surface area contributed by atoms with Gasteiger partial charge in [-0.3, -0.25) is 14.9 Å². The number of hydrogen-bond donors (Lipinski definition) is 3. The first-order chi connectivity index (χ1) is 12.9. The van der Waals surface area contributed by atoms with Crippen LogP contribution in [-0.2, 0) is 4.79 Å². The Morgan fingerprint density at radius 2 is 1.78 bits per heavy atom. The largest absolute Gasteiger partial charge is 0.494 e. The van der Waals surface area contributed by atoms with Crippen LogP contribution in [-0.4, -0.2) is 23.5 Å². The van der Waals surface area contributed by atoms with E-state index in [1.807, 2.05) is 6.92 Å². The van der Waals surface area contributed by atoms with Crippen molar-refractivity contribution >= 4 is 52.1 Å². The Labute approximate surface area is 168 Å². The number of amides is 2. The number of nitrogens with one attached hydrogen (secondary N) is 3. The maximum absolute atomic E-state index is 12.3. The van der Waals surface area contributed by atoms with E-state index >= 15 is 0 Å². The molecule has 0 unspecified atom stereocenters. The Morgan fingerprint density at radius 1 is 1.07 bits per heavy atom. The van der Waals surface area contributed by atoms with Crippen LogP contribution in [0.15, 0.2) is 42.5 Å². The average molecular weight is 406 g/mol. The van der Waals surface area contributed by atoms with Crippen LogP contribution >= 0.6 is 23.8 Å². The van der Waals surface area contributed by atoms with Crippen LogP contribution in [0, 0.1) is 0 Å². The highest BCUT2D eigenvalue weighted by molar-refractivity contribution is 7.80. The van der Waals surface area contributed by atoms with Crippen molar-refractivity contribution in [1.29, 1.82) is 0 Å². The van der Waals surface area contributed by atoms with Gasteiger partial charge in [0, 0.05) is 17.7 Å². The predicted molar refractivity (Wildman–Crippen MR) is 112 cm³/mol. The Kier molecular flexibility index (Phi) is 7.57. The molecule has 142 valence electrons. The lowest BCUT2D eigenvalue weighted by Gasteiger charge is -2.13. The molecule has 0 spiro atoms. The van der Waals surface area contributed by atoms with Gasteiger partial charge in [-0.2, -0.15) is 0 Å². The lowest BCUT2D eigenvalue weighted by Crippen LogP contribution is -2.34. The molecule has 0 aliphatic carbocycles. The molecule has 0 aliphatic heterocycles. The number of carbonyl (C=O) groups excluding carboxylic acids is 2. The van der Waals surface area contributed by atoms with Gasteiger partial charge in [0.05, 0.1) is 17.3 Å². The van der Waals surface area contributed by atoms with Gasteiger partial charge in [0.2, 0.25) is 5.91 Å². The highest BCUT2D eigenvalue weighted by Gasteiger charge is 2.10. The average Bonchev–Trinajstić information content (AvgIpc) is 2.65. The highest BCUT2D eigenvalue weighted by atomic mass is 35.5. The summed E-state index contributed by atoms with van der Waals surface area (Å²) in [7, 11) is 0. The van der Waals surface area contributed by atoms with E-state index in [9.17, 15) is 9.59 Å². The molecule has 0 aliphatic rings. The van der Waals surface area contributed by atoms with Crippen LogP contribution in [0.1, 0.15) is 30.6 Å². The molecule has 0 saturated carbocycles. The van der Waals surface area contributed by atoms with Gasteiger partial charge in [-0.15, -0.1) is 0 Å². The fraction of sp³-hybridized carbons (Fsp3) is 0.211. The van der Waals surface area contributed by atoms with Crippen molar-refractivity contribution in [2.45, 2.75) is 20.3 Å². The number of rotatable bonds is 6. The van der Waals surface area contributed by atoms with Crippen LogP contribution in [0.2, 0.25) is 5.02 Å². The molecule has 0 atom stereocenters. The summed E-state index contributed by atoms with van der Waals surface area (Å²) in [4.78, 5) is 23.8. The maximum atomic E-state index is 12.3. The third-order valence-corrected chi connectivity index (χ3v) is 4.01. The number of anilines is 2. The fourth-order valence-corrected chi connectivity index (χ4v) is 2.51. The molecule has 0 heterocycles. The second kappa shape index (κ2) is 9.89. The van der Waals surface area contributed by atoms with Crippen molar-refractivity contribution < 1.29 is 14.3 Å². The van der Waals surface area contributed by atoms with Gasteiger partial charge in [-0.05, 0) is 61.6 Å². The van der Waals surface area contributed by atoms with E-state index in [1.54, 1.807) is 49.4 Å². The molecule has 3 N–H and O–H groups in total. The van der Waals surface area contributed by atoms with E-state index in [2.05, 4.69) is 16.0 Å². The number of halogens is 1. The summed E-state index contributed by atoms with van der Waals surface area (Å²) >= 11 is 11.3. The van der Waals surface area contributed by atoms with Crippen molar-refractivity contribution in [3.63, 3.8) is 0 Å². The first kappa shape index (κ1) is 20.7. The van der Waals surface area contributed by atoms with Crippen molar-refractivity contribution in [2.24, 2.45) is 0 Å². The van der Waals surface area contributed by atoms with E-state index in [0.29, 0.717) is 40.7 Å². The second-order valence-electron chi connectivity index (χ2n) is 5.46. The molecule has 2 rings (SSSR count). The minimum atomic E-state index is -0.359. The fourth-order valence-electron chi connectivity index (χ4n) is 2.15. The molecule has 2 amide bonds. The third-order valence-electron chi connectivity index (χ3n) is 3.47. The van der Waals surface area contributed by atoms with Crippen molar-refractivity contribution in [3.8, 4) is 5.75 Å². The predicted octanol–water partition coefficient (Wildman–Crippen LogP) is 4.21. The summed E-state index contributed by atoms with van der Waals surface area (Å²) in [6.45, 7) is 4.20. The van der Waals surface area contributed by atoms with E-state index < -0.39 is 0 Å². The Balaban J connectivity index is 2.01. The van der Waals surface area contributed by atoms with Crippen LogP contribution in [0.3, 0.4) is 0 Å². The van der Waals surface area contributed by atoms with Crippen molar-refractivity contribution in [2.75, 3.05) is 17.2 Å². The summed E-state index contributed by atoms with van der Waals surface area (Å²) in [5, 5.41) is 8.69. The summed E-state index contributed by atoms with van der Waals surface area (Å²) in [5.41, 5.74) is 1.50. The van der Waals surface area contributed by atoms with Crippen LogP contribution in [0.25, 0.3) is 0 Å². The first-order valence-electron chi connectivity index (χ1n) is 8.37. The van der Waals surface area contributed by atoms with E-state index in [4.69, 9.17) is 28.6 Å². The molecule has 0 fully saturated rings. The molecular formula is C19H20ClN3O3S. The van der Waals surface area contributed by atoms with E-state index in [0.717, 1.165) is 0 Å². The highest BCUT2D eigenvalue weighted by Crippen LogP contribution is 2.25. The van der Waals surface area contributed by atoms with Gasteiger partial charge >= 0.3 is 0 Å². The maximum Gasteiger partial charge on any atom is 0.257 e. The molecule has 2 aromatic rings. The van der Waals surface area contributed by atoms with E-state index in [-0.39, 0.29) is 16.9 Å². The zero-order valence-electron chi connectivity index (χ0n) is 15.0. The standard InChI is InChI=1S/C19H20ClN3O3S/c1-3-17(24)21-13-7-10-15(20)16(11-13)22-19(27)23-18(25)12-5-8-14(9-6-12)26-4-2/h5-11H,3-4H2,1-2H3,(H,21,24)(H2,22,23,25,27). The Morgan fingerprint density at radius 3 is 2.41 bits per heavy atom. The summed E-state index contributed by atoms with van der Waals surface area (Å²) < 4.78 is 5.35. The molecule has 0 aromatic heterocycles. The summed E-state index contributed by atoms with van der Waals surface area (Å²) in [6, 6.07) is 11.7. The lowest BCUT2D eigenvalue weighted by molar-refractivity contribution is -0.115. The second-order valence-corrected chi connectivity index (χ2v) is 6.28. The first-order valence-corrected chi connectivity index (χ1v) is 9.16. The van der Waals surface area contributed by atoms with Gasteiger partial charge in [0.15, 0.2) is 5.11 Å². The molecule has 2 aromatic carbocycles. The van der Waals surface area contributed by atoms with Gasteiger partial charge in [0.1, 0.15) is 5.75 Å².